The average Bonchev–Trinajstić information content (AvgIpc) is 2.35. The zero-order valence-electron chi connectivity index (χ0n) is 9.41. The van der Waals surface area contributed by atoms with Crippen LogP contribution in [0.4, 0.5) is 0 Å². The molecule has 1 unspecified atom stereocenters. The monoisotopic (exact) mass is 436 g/mol. The minimum atomic E-state index is -0.547. The van der Waals surface area contributed by atoms with Crippen LogP contribution in [0, 0.1) is 3.57 Å². The average molecular weight is 438 g/mol. The predicted molar refractivity (Wildman–Crippen MR) is 87.0 cm³/mol. The smallest absolute Gasteiger partial charge is 0.0841 e. The lowest BCUT2D eigenvalue weighted by molar-refractivity contribution is 0.177. The fraction of sp³-hybridized carbons (Fsp3) is 0.143. The van der Waals surface area contributed by atoms with Gasteiger partial charge in [0.25, 0.3) is 0 Å². The SMILES string of the molecule is OC(Cc1ccccc1Cl)c1cc(Br)ccc1I. The summed E-state index contributed by atoms with van der Waals surface area (Å²) in [6.45, 7) is 0. The van der Waals surface area contributed by atoms with Crippen molar-refractivity contribution in [1.82, 2.24) is 0 Å². The fourth-order valence-electron chi connectivity index (χ4n) is 1.75. The Morgan fingerprint density at radius 2 is 1.94 bits per heavy atom. The largest absolute Gasteiger partial charge is 0.388 e. The van der Waals surface area contributed by atoms with Gasteiger partial charge in [-0.05, 0) is 58.0 Å². The minimum Gasteiger partial charge on any atom is -0.388 e. The summed E-state index contributed by atoms with van der Waals surface area (Å²) in [4.78, 5) is 0. The number of aliphatic hydroxyl groups excluding tert-OH is 1. The van der Waals surface area contributed by atoms with E-state index in [4.69, 9.17) is 11.6 Å². The van der Waals surface area contributed by atoms with Crippen LogP contribution < -0.4 is 0 Å². The van der Waals surface area contributed by atoms with Gasteiger partial charge in [-0.15, -0.1) is 0 Å². The van der Waals surface area contributed by atoms with Crippen LogP contribution in [0.25, 0.3) is 0 Å². The first kappa shape index (κ1) is 14.3. The van der Waals surface area contributed by atoms with E-state index in [1.165, 1.54) is 0 Å². The summed E-state index contributed by atoms with van der Waals surface area (Å²) in [6, 6.07) is 13.5. The van der Waals surface area contributed by atoms with Crippen molar-refractivity contribution in [1.29, 1.82) is 0 Å². The van der Waals surface area contributed by atoms with Gasteiger partial charge in [0.1, 0.15) is 0 Å². The lowest BCUT2D eigenvalue weighted by Crippen LogP contribution is -2.04. The molecule has 1 atom stereocenters. The van der Waals surface area contributed by atoms with Crippen molar-refractivity contribution in [2.45, 2.75) is 12.5 Å². The summed E-state index contributed by atoms with van der Waals surface area (Å²) >= 11 is 11.8. The van der Waals surface area contributed by atoms with E-state index < -0.39 is 6.10 Å². The highest BCUT2D eigenvalue weighted by atomic mass is 127. The maximum atomic E-state index is 10.3. The molecule has 0 spiro atoms. The van der Waals surface area contributed by atoms with Gasteiger partial charge < -0.3 is 5.11 Å². The van der Waals surface area contributed by atoms with Crippen molar-refractivity contribution in [2.24, 2.45) is 0 Å². The molecule has 0 bridgehead atoms. The highest BCUT2D eigenvalue weighted by molar-refractivity contribution is 14.1. The van der Waals surface area contributed by atoms with Crippen molar-refractivity contribution in [3.05, 3.63) is 66.7 Å². The molecule has 0 saturated heterocycles. The van der Waals surface area contributed by atoms with Crippen LogP contribution in [0.15, 0.2) is 46.9 Å². The number of aliphatic hydroxyl groups is 1. The van der Waals surface area contributed by atoms with Crippen LogP contribution in [0.3, 0.4) is 0 Å². The molecule has 94 valence electrons. The summed E-state index contributed by atoms with van der Waals surface area (Å²) in [5.41, 5.74) is 1.88. The van der Waals surface area contributed by atoms with Gasteiger partial charge in [0, 0.05) is 19.5 Å². The van der Waals surface area contributed by atoms with Crippen LogP contribution in [0.2, 0.25) is 5.02 Å². The van der Waals surface area contributed by atoms with Crippen LogP contribution in [-0.2, 0) is 6.42 Å². The summed E-state index contributed by atoms with van der Waals surface area (Å²) < 4.78 is 2.02. The summed E-state index contributed by atoms with van der Waals surface area (Å²) in [6.07, 6.45) is -0.0270. The number of hydrogen-bond donors (Lipinski definition) is 1. The number of benzene rings is 2. The van der Waals surface area contributed by atoms with Gasteiger partial charge in [-0.25, -0.2) is 0 Å². The quantitative estimate of drug-likeness (QED) is 0.672. The van der Waals surface area contributed by atoms with E-state index in [0.29, 0.717) is 11.4 Å². The number of halogens is 3. The maximum Gasteiger partial charge on any atom is 0.0841 e. The van der Waals surface area contributed by atoms with E-state index in [-0.39, 0.29) is 0 Å². The molecule has 0 fully saturated rings. The van der Waals surface area contributed by atoms with Crippen molar-refractivity contribution in [3.63, 3.8) is 0 Å². The molecule has 1 nitrogen and oxygen atoms in total. The zero-order chi connectivity index (χ0) is 13.1. The number of hydrogen-bond acceptors (Lipinski definition) is 1. The summed E-state index contributed by atoms with van der Waals surface area (Å²) in [5, 5.41) is 11.0. The molecule has 2 rings (SSSR count). The molecule has 2 aromatic rings. The first-order valence-electron chi connectivity index (χ1n) is 5.44. The molecular formula is C14H11BrClIO. The lowest BCUT2D eigenvalue weighted by atomic mass is 10.0. The molecule has 0 heterocycles. The predicted octanol–water partition coefficient (Wildman–Crippen LogP) is 4.98. The molecule has 4 heteroatoms. The van der Waals surface area contributed by atoms with Gasteiger partial charge in [0.05, 0.1) is 6.10 Å². The Morgan fingerprint density at radius 3 is 2.67 bits per heavy atom. The van der Waals surface area contributed by atoms with Crippen molar-refractivity contribution in [3.8, 4) is 0 Å². The fourth-order valence-corrected chi connectivity index (χ4v) is 3.04. The summed E-state index contributed by atoms with van der Waals surface area (Å²) in [7, 11) is 0. The van der Waals surface area contributed by atoms with Crippen LogP contribution in [0.1, 0.15) is 17.2 Å². The van der Waals surface area contributed by atoms with E-state index in [1.807, 2.05) is 42.5 Å². The Labute approximate surface area is 133 Å². The lowest BCUT2D eigenvalue weighted by Gasteiger charge is -2.14. The second kappa shape index (κ2) is 6.37. The van der Waals surface area contributed by atoms with E-state index in [2.05, 4.69) is 38.5 Å². The second-order valence-corrected chi connectivity index (χ2v) is 6.46. The molecule has 0 radical (unpaired) electrons. The normalized spacial score (nSPS) is 12.4. The van der Waals surface area contributed by atoms with Crippen molar-refractivity contribution in [2.75, 3.05) is 0 Å². The van der Waals surface area contributed by atoms with Crippen LogP contribution >= 0.6 is 50.1 Å². The van der Waals surface area contributed by atoms with Crippen molar-refractivity contribution >= 4 is 50.1 Å². The van der Waals surface area contributed by atoms with Gasteiger partial charge in [-0.2, -0.15) is 0 Å². The van der Waals surface area contributed by atoms with Crippen LogP contribution in [0.5, 0.6) is 0 Å². The highest BCUT2D eigenvalue weighted by Gasteiger charge is 2.13. The molecule has 2 aromatic carbocycles. The van der Waals surface area contributed by atoms with Gasteiger partial charge in [0.2, 0.25) is 0 Å². The van der Waals surface area contributed by atoms with E-state index >= 15 is 0 Å². The third-order valence-electron chi connectivity index (χ3n) is 2.69. The van der Waals surface area contributed by atoms with E-state index in [0.717, 1.165) is 19.2 Å². The Bertz CT molecular complexity index is 559. The third kappa shape index (κ3) is 3.47. The highest BCUT2D eigenvalue weighted by Crippen LogP contribution is 2.28. The molecule has 0 aliphatic carbocycles. The Kier molecular flexibility index (Phi) is 5.06. The van der Waals surface area contributed by atoms with E-state index in [9.17, 15) is 5.11 Å². The molecule has 0 aliphatic rings. The molecule has 1 N–H and O–H groups in total. The molecule has 0 aliphatic heterocycles. The standard InChI is InChI=1S/C14H11BrClIO/c15-10-5-6-13(17)11(8-10)14(18)7-9-3-1-2-4-12(9)16/h1-6,8,14,18H,7H2. The first-order chi connectivity index (χ1) is 8.58. The topological polar surface area (TPSA) is 20.2 Å². The Balaban J connectivity index is 2.25. The molecule has 0 amide bonds. The molecule has 0 saturated carbocycles. The van der Waals surface area contributed by atoms with Gasteiger partial charge in [0.15, 0.2) is 0 Å². The maximum absolute atomic E-state index is 10.3. The van der Waals surface area contributed by atoms with Crippen LogP contribution in [-0.4, -0.2) is 5.11 Å². The minimum absolute atomic E-state index is 0.520. The molecule has 18 heavy (non-hydrogen) atoms. The first-order valence-corrected chi connectivity index (χ1v) is 7.69. The van der Waals surface area contributed by atoms with E-state index in [1.54, 1.807) is 0 Å². The van der Waals surface area contributed by atoms with Gasteiger partial charge >= 0.3 is 0 Å². The third-order valence-corrected chi connectivity index (χ3v) is 4.53. The van der Waals surface area contributed by atoms with Crippen molar-refractivity contribution < 1.29 is 5.11 Å². The zero-order valence-corrected chi connectivity index (χ0v) is 13.9. The number of rotatable bonds is 3. The van der Waals surface area contributed by atoms with Gasteiger partial charge in [-0.1, -0.05) is 45.7 Å². The Morgan fingerprint density at radius 1 is 1.22 bits per heavy atom. The Hall–Kier alpha value is -0.100. The molecular weight excluding hydrogens is 426 g/mol. The molecule has 0 aromatic heterocycles. The second-order valence-electron chi connectivity index (χ2n) is 3.98. The summed E-state index contributed by atoms with van der Waals surface area (Å²) in [5.74, 6) is 0. The van der Waals surface area contributed by atoms with Gasteiger partial charge in [-0.3, -0.25) is 0 Å².